The highest BCUT2D eigenvalue weighted by molar-refractivity contribution is 8.00. The maximum Gasteiger partial charge on any atom is 0.233 e. The molecular weight excluding hydrogens is 210 g/mol. The van der Waals surface area contributed by atoms with Gasteiger partial charge in [0.2, 0.25) is 5.91 Å². The molecule has 1 atom stereocenters. The molecule has 4 heteroatoms. The SMILES string of the molecule is CC(C)(CCO)CNC(=O)C1CCCS1. The van der Waals surface area contributed by atoms with E-state index in [9.17, 15) is 4.79 Å². The average Bonchev–Trinajstić information content (AvgIpc) is 2.67. The van der Waals surface area contributed by atoms with Crippen molar-refractivity contribution < 1.29 is 9.90 Å². The number of rotatable bonds is 5. The summed E-state index contributed by atoms with van der Waals surface area (Å²) in [5.74, 6) is 1.28. The second-order valence-corrected chi connectivity index (χ2v) is 6.17. The first-order valence-corrected chi connectivity index (χ1v) is 6.60. The third-order valence-corrected chi connectivity index (χ3v) is 4.13. The minimum absolute atomic E-state index is 0.00627. The third-order valence-electron chi connectivity index (χ3n) is 2.75. The fourth-order valence-corrected chi connectivity index (χ4v) is 2.80. The number of thioether (sulfide) groups is 1. The van der Waals surface area contributed by atoms with Gasteiger partial charge in [-0.3, -0.25) is 4.79 Å². The van der Waals surface area contributed by atoms with Gasteiger partial charge in [-0.1, -0.05) is 13.8 Å². The Bertz CT molecular complexity index is 213. The smallest absolute Gasteiger partial charge is 0.233 e. The second kappa shape index (κ2) is 5.75. The lowest BCUT2D eigenvalue weighted by Crippen LogP contribution is -2.38. The minimum atomic E-state index is -0.00627. The minimum Gasteiger partial charge on any atom is -0.396 e. The van der Waals surface area contributed by atoms with E-state index in [0.717, 1.165) is 25.0 Å². The van der Waals surface area contributed by atoms with E-state index < -0.39 is 0 Å². The summed E-state index contributed by atoms with van der Waals surface area (Å²) in [5, 5.41) is 12.0. The van der Waals surface area contributed by atoms with Crippen molar-refractivity contribution in [3.05, 3.63) is 0 Å². The predicted octanol–water partition coefficient (Wildman–Crippen LogP) is 1.41. The van der Waals surface area contributed by atoms with E-state index in [1.807, 2.05) is 0 Å². The van der Waals surface area contributed by atoms with Crippen molar-refractivity contribution in [2.45, 2.75) is 38.4 Å². The van der Waals surface area contributed by atoms with Crippen LogP contribution in [0.15, 0.2) is 0 Å². The maximum absolute atomic E-state index is 11.7. The number of aliphatic hydroxyl groups excluding tert-OH is 1. The van der Waals surface area contributed by atoms with Crippen molar-refractivity contribution in [1.29, 1.82) is 0 Å². The van der Waals surface area contributed by atoms with E-state index in [-0.39, 0.29) is 23.2 Å². The number of amides is 1. The molecule has 15 heavy (non-hydrogen) atoms. The Balaban J connectivity index is 2.26. The summed E-state index contributed by atoms with van der Waals surface area (Å²) in [6.45, 7) is 4.96. The van der Waals surface area contributed by atoms with Gasteiger partial charge in [0.15, 0.2) is 0 Å². The summed E-state index contributed by atoms with van der Waals surface area (Å²) in [4.78, 5) is 11.7. The Kier molecular flexibility index (Phi) is 4.93. The Morgan fingerprint density at radius 2 is 2.33 bits per heavy atom. The monoisotopic (exact) mass is 231 g/mol. The zero-order valence-electron chi connectivity index (χ0n) is 9.58. The van der Waals surface area contributed by atoms with Crippen LogP contribution >= 0.6 is 11.8 Å². The standard InChI is InChI=1S/C11H21NO2S/c1-11(2,5-6-13)8-12-10(14)9-4-3-7-15-9/h9,13H,3-8H2,1-2H3,(H,12,14). The van der Waals surface area contributed by atoms with E-state index in [1.165, 1.54) is 0 Å². The van der Waals surface area contributed by atoms with Crippen molar-refractivity contribution in [1.82, 2.24) is 5.32 Å². The fourth-order valence-electron chi connectivity index (χ4n) is 1.62. The van der Waals surface area contributed by atoms with E-state index in [0.29, 0.717) is 6.54 Å². The van der Waals surface area contributed by atoms with Crippen LogP contribution in [0.2, 0.25) is 0 Å². The van der Waals surface area contributed by atoms with Crippen LogP contribution in [-0.4, -0.2) is 35.2 Å². The number of hydrogen-bond acceptors (Lipinski definition) is 3. The maximum atomic E-state index is 11.7. The Hall–Kier alpha value is -0.220. The lowest BCUT2D eigenvalue weighted by molar-refractivity contribution is -0.121. The van der Waals surface area contributed by atoms with Gasteiger partial charge in [-0.15, -0.1) is 11.8 Å². The van der Waals surface area contributed by atoms with Crippen molar-refractivity contribution in [2.24, 2.45) is 5.41 Å². The topological polar surface area (TPSA) is 49.3 Å². The number of carbonyl (C=O) groups is 1. The molecule has 0 radical (unpaired) electrons. The molecule has 0 bridgehead atoms. The van der Waals surface area contributed by atoms with Gasteiger partial charge in [-0.2, -0.15) is 0 Å². The summed E-state index contributed by atoms with van der Waals surface area (Å²) in [6.07, 6.45) is 2.89. The number of hydrogen-bond donors (Lipinski definition) is 2. The Morgan fingerprint density at radius 3 is 2.87 bits per heavy atom. The highest BCUT2D eigenvalue weighted by atomic mass is 32.2. The van der Waals surface area contributed by atoms with Crippen molar-refractivity contribution in [3.8, 4) is 0 Å². The van der Waals surface area contributed by atoms with Gasteiger partial charge in [0.05, 0.1) is 5.25 Å². The fraction of sp³-hybridized carbons (Fsp3) is 0.909. The number of aliphatic hydroxyl groups is 1. The van der Waals surface area contributed by atoms with Crippen LogP contribution in [0, 0.1) is 5.41 Å². The van der Waals surface area contributed by atoms with Crippen LogP contribution < -0.4 is 5.32 Å². The molecule has 1 saturated heterocycles. The Labute approximate surface area is 96.0 Å². The summed E-state index contributed by atoms with van der Waals surface area (Å²) >= 11 is 1.75. The first-order valence-electron chi connectivity index (χ1n) is 5.55. The highest BCUT2D eigenvalue weighted by Gasteiger charge is 2.25. The number of nitrogens with one attached hydrogen (secondary N) is 1. The van der Waals surface area contributed by atoms with E-state index >= 15 is 0 Å². The number of carbonyl (C=O) groups excluding carboxylic acids is 1. The van der Waals surface area contributed by atoms with Crippen LogP contribution in [-0.2, 0) is 4.79 Å². The van der Waals surface area contributed by atoms with Gasteiger partial charge < -0.3 is 10.4 Å². The Morgan fingerprint density at radius 1 is 1.60 bits per heavy atom. The van der Waals surface area contributed by atoms with Crippen LogP contribution in [0.25, 0.3) is 0 Å². The molecule has 0 spiro atoms. The molecule has 2 N–H and O–H groups in total. The quantitative estimate of drug-likeness (QED) is 0.752. The highest BCUT2D eigenvalue weighted by Crippen LogP contribution is 2.26. The third kappa shape index (κ3) is 4.43. The summed E-state index contributed by atoms with van der Waals surface area (Å²) in [7, 11) is 0. The van der Waals surface area contributed by atoms with Crippen LogP contribution in [0.4, 0.5) is 0 Å². The van der Waals surface area contributed by atoms with Crippen molar-refractivity contribution in [2.75, 3.05) is 18.9 Å². The summed E-state index contributed by atoms with van der Waals surface area (Å²) < 4.78 is 0. The lowest BCUT2D eigenvalue weighted by Gasteiger charge is -2.24. The van der Waals surface area contributed by atoms with Crippen molar-refractivity contribution >= 4 is 17.7 Å². The molecule has 3 nitrogen and oxygen atoms in total. The zero-order chi connectivity index (χ0) is 11.3. The van der Waals surface area contributed by atoms with Gasteiger partial charge >= 0.3 is 0 Å². The average molecular weight is 231 g/mol. The molecule has 0 aromatic carbocycles. The molecule has 88 valence electrons. The van der Waals surface area contributed by atoms with Gasteiger partial charge in [-0.05, 0) is 30.4 Å². The molecule has 0 aromatic heterocycles. The van der Waals surface area contributed by atoms with E-state index in [2.05, 4.69) is 19.2 Å². The normalized spacial score (nSPS) is 21.7. The molecule has 1 rings (SSSR count). The summed E-state index contributed by atoms with van der Waals surface area (Å²) in [5.41, 5.74) is -0.00627. The first-order chi connectivity index (χ1) is 7.05. The first kappa shape index (κ1) is 12.8. The van der Waals surface area contributed by atoms with Crippen LogP contribution in [0.5, 0.6) is 0 Å². The second-order valence-electron chi connectivity index (χ2n) is 4.86. The van der Waals surface area contributed by atoms with Gasteiger partial charge in [-0.25, -0.2) is 0 Å². The molecule has 1 amide bonds. The molecule has 1 unspecified atom stereocenters. The molecule has 0 saturated carbocycles. The van der Waals surface area contributed by atoms with Gasteiger partial charge in [0.1, 0.15) is 0 Å². The van der Waals surface area contributed by atoms with Crippen LogP contribution in [0.3, 0.4) is 0 Å². The van der Waals surface area contributed by atoms with Crippen LogP contribution in [0.1, 0.15) is 33.1 Å². The van der Waals surface area contributed by atoms with Gasteiger partial charge in [0, 0.05) is 13.2 Å². The molecule has 1 aliphatic heterocycles. The molecule has 1 heterocycles. The largest absolute Gasteiger partial charge is 0.396 e. The lowest BCUT2D eigenvalue weighted by atomic mass is 9.90. The molecular formula is C11H21NO2S. The molecule has 1 aliphatic rings. The van der Waals surface area contributed by atoms with Gasteiger partial charge in [0.25, 0.3) is 0 Å². The summed E-state index contributed by atoms with van der Waals surface area (Å²) in [6, 6.07) is 0. The zero-order valence-corrected chi connectivity index (χ0v) is 10.4. The molecule has 0 aromatic rings. The predicted molar refractivity (Wildman–Crippen MR) is 64.0 cm³/mol. The van der Waals surface area contributed by atoms with Crippen molar-refractivity contribution in [3.63, 3.8) is 0 Å². The van der Waals surface area contributed by atoms with E-state index in [4.69, 9.17) is 5.11 Å². The van der Waals surface area contributed by atoms with E-state index in [1.54, 1.807) is 11.8 Å². The molecule has 0 aliphatic carbocycles. The molecule has 1 fully saturated rings.